The fourth-order valence-electron chi connectivity index (χ4n) is 3.47. The summed E-state index contributed by atoms with van der Waals surface area (Å²) in [5.74, 6) is 1.60. The standard InChI is InChI=1S/C20H22N2O4/c1-23-15-7-5-14(6-8-15)19-20(17-4-3-10-26-17)22(13-21-19)16-9-11-25-12-18(16)24-2/h3-8,10,13,16,18H,9,11-12H2,1-2H3/t16-,18-/m0/s1. The van der Waals surface area contributed by atoms with Gasteiger partial charge in [-0.25, -0.2) is 4.98 Å². The van der Waals surface area contributed by atoms with Gasteiger partial charge in [0.15, 0.2) is 5.76 Å². The molecule has 1 aromatic carbocycles. The Bertz CT molecular complexity index is 839. The van der Waals surface area contributed by atoms with Crippen molar-refractivity contribution < 1.29 is 18.6 Å². The molecule has 0 saturated carbocycles. The normalized spacial score (nSPS) is 20.2. The van der Waals surface area contributed by atoms with Crippen molar-refractivity contribution in [3.05, 3.63) is 49.0 Å². The molecule has 3 aromatic rings. The molecular formula is C20H22N2O4. The summed E-state index contributed by atoms with van der Waals surface area (Å²) in [5, 5.41) is 0. The first kappa shape index (κ1) is 16.9. The average molecular weight is 354 g/mol. The van der Waals surface area contributed by atoms with E-state index in [9.17, 15) is 0 Å². The van der Waals surface area contributed by atoms with Gasteiger partial charge in [0, 0.05) is 19.3 Å². The van der Waals surface area contributed by atoms with Crippen LogP contribution in [0.3, 0.4) is 0 Å². The maximum absolute atomic E-state index is 5.73. The Morgan fingerprint density at radius 3 is 2.69 bits per heavy atom. The molecule has 6 heteroatoms. The number of ether oxygens (including phenoxy) is 3. The Morgan fingerprint density at radius 1 is 1.15 bits per heavy atom. The lowest BCUT2D eigenvalue weighted by Gasteiger charge is -2.32. The Labute approximate surface area is 152 Å². The molecule has 0 unspecified atom stereocenters. The third-order valence-electron chi connectivity index (χ3n) is 4.84. The summed E-state index contributed by atoms with van der Waals surface area (Å²) in [6.45, 7) is 1.28. The van der Waals surface area contributed by atoms with Gasteiger partial charge in [-0.2, -0.15) is 0 Å². The van der Waals surface area contributed by atoms with Crippen molar-refractivity contribution in [2.75, 3.05) is 27.4 Å². The lowest BCUT2D eigenvalue weighted by molar-refractivity contribution is -0.0598. The first-order valence-corrected chi connectivity index (χ1v) is 8.67. The summed E-state index contributed by atoms with van der Waals surface area (Å²) in [6.07, 6.45) is 4.40. The molecule has 1 aliphatic heterocycles. The minimum Gasteiger partial charge on any atom is -0.497 e. The molecule has 0 radical (unpaired) electrons. The molecular weight excluding hydrogens is 332 g/mol. The van der Waals surface area contributed by atoms with Crippen molar-refractivity contribution in [3.63, 3.8) is 0 Å². The van der Waals surface area contributed by atoms with E-state index in [-0.39, 0.29) is 12.1 Å². The Kier molecular flexibility index (Phi) is 4.77. The van der Waals surface area contributed by atoms with Crippen LogP contribution in [0.5, 0.6) is 5.75 Å². The van der Waals surface area contributed by atoms with Gasteiger partial charge in [-0.3, -0.25) is 0 Å². The quantitative estimate of drug-likeness (QED) is 0.698. The zero-order valence-corrected chi connectivity index (χ0v) is 14.9. The minimum absolute atomic E-state index is 0.0182. The third kappa shape index (κ3) is 3.02. The fourth-order valence-corrected chi connectivity index (χ4v) is 3.47. The van der Waals surface area contributed by atoms with Gasteiger partial charge < -0.3 is 23.2 Å². The van der Waals surface area contributed by atoms with Gasteiger partial charge >= 0.3 is 0 Å². The second-order valence-electron chi connectivity index (χ2n) is 6.26. The molecule has 1 saturated heterocycles. The number of benzene rings is 1. The Balaban J connectivity index is 1.81. The molecule has 1 fully saturated rings. The van der Waals surface area contributed by atoms with Crippen LogP contribution in [-0.4, -0.2) is 43.1 Å². The van der Waals surface area contributed by atoms with Gasteiger partial charge in [0.05, 0.1) is 38.0 Å². The second kappa shape index (κ2) is 7.35. The summed E-state index contributed by atoms with van der Waals surface area (Å²) >= 11 is 0. The molecule has 0 aliphatic carbocycles. The van der Waals surface area contributed by atoms with Crippen molar-refractivity contribution in [2.24, 2.45) is 0 Å². The Morgan fingerprint density at radius 2 is 2.00 bits per heavy atom. The average Bonchev–Trinajstić information content (AvgIpc) is 3.37. The van der Waals surface area contributed by atoms with Crippen molar-refractivity contribution in [1.29, 1.82) is 0 Å². The highest BCUT2D eigenvalue weighted by Gasteiger charge is 2.31. The van der Waals surface area contributed by atoms with E-state index >= 15 is 0 Å². The molecule has 6 nitrogen and oxygen atoms in total. The summed E-state index contributed by atoms with van der Waals surface area (Å²) in [5.41, 5.74) is 2.84. The number of hydrogen-bond donors (Lipinski definition) is 0. The van der Waals surface area contributed by atoms with Crippen molar-refractivity contribution in [2.45, 2.75) is 18.6 Å². The van der Waals surface area contributed by atoms with Crippen LogP contribution >= 0.6 is 0 Å². The van der Waals surface area contributed by atoms with E-state index in [1.165, 1.54) is 0 Å². The smallest absolute Gasteiger partial charge is 0.152 e. The molecule has 4 rings (SSSR count). The number of methoxy groups -OCH3 is 2. The summed E-state index contributed by atoms with van der Waals surface area (Å²) in [4.78, 5) is 4.71. The van der Waals surface area contributed by atoms with Crippen molar-refractivity contribution in [1.82, 2.24) is 9.55 Å². The number of aromatic nitrogens is 2. The highest BCUT2D eigenvalue weighted by Crippen LogP contribution is 2.37. The molecule has 0 amide bonds. The second-order valence-corrected chi connectivity index (χ2v) is 6.26. The summed E-state index contributed by atoms with van der Waals surface area (Å²) in [7, 11) is 3.38. The van der Waals surface area contributed by atoms with Gasteiger partial charge in [-0.15, -0.1) is 0 Å². The van der Waals surface area contributed by atoms with Crippen LogP contribution in [-0.2, 0) is 9.47 Å². The monoisotopic (exact) mass is 354 g/mol. The Hall–Kier alpha value is -2.57. The molecule has 0 bridgehead atoms. The maximum atomic E-state index is 5.73. The number of furan rings is 1. The van der Waals surface area contributed by atoms with Crippen LogP contribution in [0.15, 0.2) is 53.4 Å². The van der Waals surface area contributed by atoms with Crippen LogP contribution in [0.25, 0.3) is 22.7 Å². The number of rotatable bonds is 5. The molecule has 136 valence electrons. The van der Waals surface area contributed by atoms with Gasteiger partial charge in [0.1, 0.15) is 17.5 Å². The van der Waals surface area contributed by atoms with E-state index in [1.807, 2.05) is 42.7 Å². The minimum atomic E-state index is -0.0182. The van der Waals surface area contributed by atoms with E-state index in [2.05, 4.69) is 4.57 Å². The van der Waals surface area contributed by atoms with Gasteiger partial charge in [0.2, 0.25) is 0 Å². The topological polar surface area (TPSA) is 58.7 Å². The molecule has 2 atom stereocenters. The summed E-state index contributed by atoms with van der Waals surface area (Å²) < 4.78 is 24.4. The zero-order valence-electron chi connectivity index (χ0n) is 14.9. The highest BCUT2D eigenvalue weighted by molar-refractivity contribution is 5.76. The van der Waals surface area contributed by atoms with Crippen molar-refractivity contribution in [3.8, 4) is 28.5 Å². The lowest BCUT2D eigenvalue weighted by Crippen LogP contribution is -2.35. The largest absolute Gasteiger partial charge is 0.497 e. The van der Waals surface area contributed by atoms with E-state index in [1.54, 1.807) is 20.5 Å². The van der Waals surface area contributed by atoms with E-state index in [0.717, 1.165) is 34.9 Å². The van der Waals surface area contributed by atoms with Gasteiger partial charge in [-0.05, 0) is 42.8 Å². The van der Waals surface area contributed by atoms with E-state index in [4.69, 9.17) is 23.6 Å². The first-order valence-electron chi connectivity index (χ1n) is 8.67. The SMILES string of the molecule is COc1ccc(-c2ncn([C@H]3CCOC[C@@H]3OC)c2-c2ccco2)cc1. The number of imidazole rings is 1. The number of hydrogen-bond acceptors (Lipinski definition) is 5. The van der Waals surface area contributed by atoms with Gasteiger partial charge in [-0.1, -0.05) is 0 Å². The van der Waals surface area contributed by atoms with Crippen LogP contribution in [0.1, 0.15) is 12.5 Å². The van der Waals surface area contributed by atoms with Crippen LogP contribution < -0.4 is 4.74 Å². The molecule has 3 heterocycles. The molecule has 26 heavy (non-hydrogen) atoms. The molecule has 0 N–H and O–H groups in total. The molecule has 0 spiro atoms. The predicted octanol–water partition coefficient (Wildman–Crippen LogP) is 3.80. The van der Waals surface area contributed by atoms with E-state index < -0.39 is 0 Å². The zero-order chi connectivity index (χ0) is 17.9. The predicted molar refractivity (Wildman–Crippen MR) is 97.2 cm³/mol. The third-order valence-corrected chi connectivity index (χ3v) is 4.84. The van der Waals surface area contributed by atoms with Gasteiger partial charge in [0.25, 0.3) is 0 Å². The fraction of sp³-hybridized carbons (Fsp3) is 0.350. The highest BCUT2D eigenvalue weighted by atomic mass is 16.5. The molecule has 2 aromatic heterocycles. The van der Waals surface area contributed by atoms with Crippen LogP contribution in [0, 0.1) is 0 Å². The molecule has 1 aliphatic rings. The summed E-state index contributed by atoms with van der Waals surface area (Å²) in [6, 6.07) is 11.9. The van der Waals surface area contributed by atoms with Crippen LogP contribution in [0.2, 0.25) is 0 Å². The lowest BCUT2D eigenvalue weighted by atomic mass is 10.0. The maximum Gasteiger partial charge on any atom is 0.152 e. The van der Waals surface area contributed by atoms with E-state index in [0.29, 0.717) is 13.2 Å². The number of nitrogens with zero attached hydrogens (tertiary/aromatic N) is 2. The van der Waals surface area contributed by atoms with Crippen LogP contribution in [0.4, 0.5) is 0 Å². The van der Waals surface area contributed by atoms with Crippen molar-refractivity contribution >= 4 is 0 Å². The first-order chi connectivity index (χ1) is 12.8.